The maximum atomic E-state index is 11.6. The van der Waals surface area contributed by atoms with Gasteiger partial charge in [-0.25, -0.2) is 18.4 Å². The molecule has 42 heavy (non-hydrogen) atoms. The second kappa shape index (κ2) is 14.3. The van der Waals surface area contributed by atoms with E-state index in [9.17, 15) is 13.2 Å². The summed E-state index contributed by atoms with van der Waals surface area (Å²) in [6, 6.07) is 9.73. The van der Waals surface area contributed by atoms with E-state index in [-0.39, 0.29) is 23.0 Å². The lowest BCUT2D eigenvalue weighted by atomic mass is 9.97. The summed E-state index contributed by atoms with van der Waals surface area (Å²) in [5, 5.41) is 4.31. The Morgan fingerprint density at radius 3 is 2.55 bits per heavy atom. The van der Waals surface area contributed by atoms with Gasteiger partial charge in [-0.2, -0.15) is 0 Å². The quantitative estimate of drug-likeness (QED) is 0.331. The summed E-state index contributed by atoms with van der Waals surface area (Å²) in [4.78, 5) is 20.7. The number of rotatable bonds is 5. The highest BCUT2D eigenvalue weighted by Gasteiger charge is 2.28. The summed E-state index contributed by atoms with van der Waals surface area (Å²) >= 11 is 0. The summed E-state index contributed by atoms with van der Waals surface area (Å²) in [5.74, 6) is 2.87. The molecule has 0 radical (unpaired) electrons. The molecule has 1 N–H and O–H groups in total. The Balaban J connectivity index is 0.000000194. The minimum atomic E-state index is -2.88. The fraction of sp³-hybridized carbons (Fsp3) is 0.531. The molecule has 3 aromatic rings. The number of fused-ring (bicyclic) bond motifs is 1. The maximum Gasteiger partial charge on any atom is 0.209 e. The second-order valence-electron chi connectivity index (χ2n) is 12.1. The van der Waals surface area contributed by atoms with E-state index in [1.54, 1.807) is 11.1 Å². The molecule has 1 unspecified atom stereocenters. The van der Waals surface area contributed by atoms with Crippen LogP contribution in [-0.4, -0.2) is 77.5 Å². The van der Waals surface area contributed by atoms with Crippen LogP contribution in [0.4, 0.5) is 0 Å². The number of amides is 1. The topological polar surface area (TPSA) is 106 Å². The average molecular weight is 596 g/mol. The van der Waals surface area contributed by atoms with Crippen molar-refractivity contribution in [3.05, 3.63) is 60.7 Å². The summed E-state index contributed by atoms with van der Waals surface area (Å²) in [6.45, 7) is 13.0. The lowest BCUT2D eigenvalue weighted by Gasteiger charge is -2.37. The Hall–Kier alpha value is -3.24. The van der Waals surface area contributed by atoms with Crippen LogP contribution in [0.2, 0.25) is 0 Å². The van der Waals surface area contributed by atoms with Crippen LogP contribution >= 0.6 is 0 Å². The van der Waals surface area contributed by atoms with E-state index in [1.807, 2.05) is 48.0 Å². The summed E-state index contributed by atoms with van der Waals surface area (Å²) in [6.07, 6.45) is 12.1. The van der Waals surface area contributed by atoms with Crippen LogP contribution in [-0.2, 0) is 14.6 Å². The highest BCUT2D eigenvalue weighted by molar-refractivity contribution is 7.91. The van der Waals surface area contributed by atoms with E-state index in [2.05, 4.69) is 35.7 Å². The van der Waals surface area contributed by atoms with E-state index in [4.69, 9.17) is 4.74 Å². The lowest BCUT2D eigenvalue weighted by Crippen LogP contribution is -2.56. The number of hydrogen-bond acceptors (Lipinski definition) is 7. The molecule has 0 spiro atoms. The predicted octanol–water partition coefficient (Wildman–Crippen LogP) is 4.88. The largest absolute Gasteiger partial charge is 0.493 e. The number of carbonyl (C=O) groups is 1. The number of nitrogens with zero attached hydrogens (tertiary/aromatic N) is 4. The first-order valence-corrected chi connectivity index (χ1v) is 16.7. The molecule has 2 saturated heterocycles. The third-order valence-corrected chi connectivity index (χ3v) is 9.65. The molecule has 2 aromatic heterocycles. The van der Waals surface area contributed by atoms with Crippen molar-refractivity contribution in [2.24, 2.45) is 5.92 Å². The van der Waals surface area contributed by atoms with E-state index < -0.39 is 9.84 Å². The number of aromatic nitrogens is 3. The molecule has 4 heterocycles. The van der Waals surface area contributed by atoms with Gasteiger partial charge in [-0.15, -0.1) is 0 Å². The zero-order valence-electron chi connectivity index (χ0n) is 25.2. The minimum Gasteiger partial charge on any atom is -0.493 e. The van der Waals surface area contributed by atoms with Crippen molar-refractivity contribution >= 4 is 27.2 Å². The van der Waals surface area contributed by atoms with E-state index in [0.717, 1.165) is 48.5 Å². The van der Waals surface area contributed by atoms with Gasteiger partial charge in [0.15, 0.2) is 9.84 Å². The number of aryl methyl sites for hydroxylation is 1. The molecule has 0 bridgehead atoms. The first-order chi connectivity index (χ1) is 20.0. The van der Waals surface area contributed by atoms with Crippen molar-refractivity contribution in [3.8, 4) is 11.6 Å². The van der Waals surface area contributed by atoms with Crippen molar-refractivity contribution < 1.29 is 17.9 Å². The predicted molar refractivity (Wildman–Crippen MR) is 168 cm³/mol. The number of carbonyl (C=O) groups excluding carboxylic acids is 1. The minimum absolute atomic E-state index is 0.0758. The number of piperazine rings is 1. The van der Waals surface area contributed by atoms with Crippen molar-refractivity contribution in [2.75, 3.05) is 37.7 Å². The van der Waals surface area contributed by atoms with Gasteiger partial charge in [0.25, 0.3) is 0 Å². The van der Waals surface area contributed by atoms with Gasteiger partial charge >= 0.3 is 0 Å². The van der Waals surface area contributed by atoms with Crippen LogP contribution < -0.4 is 10.1 Å². The summed E-state index contributed by atoms with van der Waals surface area (Å²) in [7, 11) is -2.88. The van der Waals surface area contributed by atoms with Crippen LogP contribution in [0.15, 0.2) is 54.9 Å². The molecule has 9 nitrogen and oxygen atoms in total. The molecule has 1 atom stereocenters. The SMILES string of the molecule is C=C1CCCCC1.CC1(C)CN(C=O)CCN1.Cc1nccc(-n2ccc3c(OCC4CCS(=O)(=O)C4)cccc32)n1. The number of allylic oxidation sites excluding steroid dienone is 1. The molecule has 1 aromatic carbocycles. The Morgan fingerprint density at radius 2 is 1.95 bits per heavy atom. The Kier molecular flexibility index (Phi) is 10.8. The molecular weight excluding hydrogens is 550 g/mol. The molecular formula is C32H45N5O4S. The van der Waals surface area contributed by atoms with E-state index in [0.29, 0.717) is 18.9 Å². The molecule has 3 fully saturated rings. The number of benzene rings is 1. The van der Waals surface area contributed by atoms with Gasteiger partial charge in [0.1, 0.15) is 17.4 Å². The zero-order valence-corrected chi connectivity index (χ0v) is 26.0. The first-order valence-electron chi connectivity index (χ1n) is 14.9. The monoisotopic (exact) mass is 595 g/mol. The number of ether oxygens (including phenoxy) is 1. The maximum absolute atomic E-state index is 11.6. The third-order valence-electron chi connectivity index (χ3n) is 7.81. The first kappa shape index (κ1) is 31.7. The van der Waals surface area contributed by atoms with Gasteiger partial charge in [-0.05, 0) is 77.1 Å². The number of hydrogen-bond donors (Lipinski definition) is 1. The Morgan fingerprint density at radius 1 is 1.17 bits per heavy atom. The number of nitrogens with one attached hydrogen (secondary N) is 1. The summed E-state index contributed by atoms with van der Waals surface area (Å²) < 4.78 is 31.1. The van der Waals surface area contributed by atoms with Gasteiger partial charge in [0.05, 0.1) is 23.6 Å². The van der Waals surface area contributed by atoms with E-state index in [1.165, 1.54) is 37.7 Å². The van der Waals surface area contributed by atoms with Crippen LogP contribution in [0.1, 0.15) is 58.2 Å². The Bertz CT molecular complexity index is 1460. The van der Waals surface area contributed by atoms with Gasteiger partial charge in [-0.1, -0.05) is 24.6 Å². The van der Waals surface area contributed by atoms with E-state index >= 15 is 0 Å². The fourth-order valence-electron chi connectivity index (χ4n) is 5.58. The second-order valence-corrected chi connectivity index (χ2v) is 14.3. The van der Waals surface area contributed by atoms with Crippen LogP contribution in [0, 0.1) is 12.8 Å². The highest BCUT2D eigenvalue weighted by Crippen LogP contribution is 2.29. The van der Waals surface area contributed by atoms with Gasteiger partial charge in [0.2, 0.25) is 6.41 Å². The summed E-state index contributed by atoms with van der Waals surface area (Å²) in [5.41, 5.74) is 2.56. The molecule has 10 heteroatoms. The van der Waals surface area contributed by atoms with Crippen molar-refractivity contribution in [3.63, 3.8) is 0 Å². The standard InChI is InChI=1S/C18H19N3O3S.C7H14N2O.C7H12/c1-13-19-8-5-18(20-13)21-9-6-15-16(21)3-2-4-17(15)24-11-14-7-10-25(22,23)12-14;1-7(2)5-9(6-10)4-3-8-7;1-7-5-3-2-4-6-7/h2-6,8-9,14H,7,10-12H2,1H3;6,8H,3-5H2,1-2H3;1-6H2. The van der Waals surface area contributed by atoms with Crippen LogP contribution in [0.3, 0.4) is 0 Å². The highest BCUT2D eigenvalue weighted by atomic mass is 32.2. The molecule has 228 valence electrons. The lowest BCUT2D eigenvalue weighted by molar-refractivity contribution is -0.119. The fourth-order valence-corrected chi connectivity index (χ4v) is 7.42. The normalized spacial score (nSPS) is 21.1. The zero-order chi connectivity index (χ0) is 30.2. The molecule has 3 aliphatic rings. The average Bonchev–Trinajstić information content (AvgIpc) is 3.55. The van der Waals surface area contributed by atoms with Gasteiger partial charge < -0.3 is 19.5 Å². The van der Waals surface area contributed by atoms with Crippen molar-refractivity contribution in [1.29, 1.82) is 0 Å². The molecule has 1 amide bonds. The van der Waals surface area contributed by atoms with Crippen LogP contribution in [0.25, 0.3) is 16.7 Å². The van der Waals surface area contributed by atoms with Crippen molar-refractivity contribution in [2.45, 2.75) is 64.8 Å². The smallest absolute Gasteiger partial charge is 0.209 e. The third kappa shape index (κ3) is 9.13. The number of sulfone groups is 1. The molecule has 1 saturated carbocycles. The van der Waals surface area contributed by atoms with Crippen molar-refractivity contribution in [1.82, 2.24) is 24.8 Å². The molecule has 6 rings (SSSR count). The Labute approximate surface area is 250 Å². The van der Waals surface area contributed by atoms with Gasteiger partial charge in [-0.3, -0.25) is 4.79 Å². The molecule has 1 aliphatic carbocycles. The van der Waals surface area contributed by atoms with Crippen LogP contribution in [0.5, 0.6) is 5.75 Å². The van der Waals surface area contributed by atoms with Gasteiger partial charge in [0, 0.05) is 48.9 Å². The molecule has 2 aliphatic heterocycles.